The second-order valence-electron chi connectivity index (χ2n) is 3.47. The van der Waals surface area contributed by atoms with Crippen molar-refractivity contribution in [1.29, 1.82) is 0 Å². The van der Waals surface area contributed by atoms with E-state index in [0.29, 0.717) is 5.75 Å². The molecule has 2 rings (SSSR count). The summed E-state index contributed by atoms with van der Waals surface area (Å²) in [5.74, 6) is 0.302. The Bertz CT molecular complexity index is 453. The van der Waals surface area contributed by atoms with Crippen molar-refractivity contribution in [3.8, 4) is 5.75 Å². The third-order valence-corrected chi connectivity index (χ3v) is 2.95. The van der Waals surface area contributed by atoms with Crippen molar-refractivity contribution < 1.29 is 5.11 Å². The summed E-state index contributed by atoms with van der Waals surface area (Å²) >= 11 is 1.55. The molecule has 0 atom stereocenters. The number of nitrogens with one attached hydrogen (secondary N) is 1. The summed E-state index contributed by atoms with van der Waals surface area (Å²) in [4.78, 5) is 0. The zero-order valence-electron chi connectivity index (χ0n) is 8.97. The molecule has 0 radical (unpaired) electrons. The summed E-state index contributed by atoms with van der Waals surface area (Å²) in [5, 5.41) is 22.1. The van der Waals surface area contributed by atoms with Crippen LogP contribution in [0.25, 0.3) is 0 Å². The SMILES string of the molecule is Cc1nnc(NCCc2ccc(O)cc2)s1. The van der Waals surface area contributed by atoms with Crippen LogP contribution in [0.15, 0.2) is 24.3 Å². The van der Waals surface area contributed by atoms with Gasteiger partial charge in [-0.3, -0.25) is 0 Å². The lowest BCUT2D eigenvalue weighted by Crippen LogP contribution is -2.04. The molecule has 0 saturated carbocycles. The molecule has 4 nitrogen and oxygen atoms in total. The number of aromatic hydroxyl groups is 1. The van der Waals surface area contributed by atoms with Crippen molar-refractivity contribution >= 4 is 16.5 Å². The Morgan fingerprint density at radius 3 is 2.62 bits per heavy atom. The summed E-state index contributed by atoms with van der Waals surface area (Å²) in [5.41, 5.74) is 1.19. The van der Waals surface area contributed by atoms with Crippen molar-refractivity contribution in [3.63, 3.8) is 0 Å². The number of benzene rings is 1. The van der Waals surface area contributed by atoms with Crippen LogP contribution in [-0.4, -0.2) is 21.8 Å². The van der Waals surface area contributed by atoms with Gasteiger partial charge in [0.2, 0.25) is 5.13 Å². The number of rotatable bonds is 4. The molecule has 0 spiro atoms. The topological polar surface area (TPSA) is 58.0 Å². The lowest BCUT2D eigenvalue weighted by atomic mass is 10.1. The lowest BCUT2D eigenvalue weighted by Gasteiger charge is -2.02. The average Bonchev–Trinajstić information content (AvgIpc) is 2.67. The van der Waals surface area contributed by atoms with E-state index in [9.17, 15) is 0 Å². The molecule has 2 aromatic rings. The summed E-state index contributed by atoms with van der Waals surface area (Å²) in [7, 11) is 0. The first-order valence-corrected chi connectivity index (χ1v) is 5.87. The van der Waals surface area contributed by atoms with Crippen LogP contribution in [0.1, 0.15) is 10.6 Å². The number of anilines is 1. The fourth-order valence-electron chi connectivity index (χ4n) is 1.34. The van der Waals surface area contributed by atoms with E-state index in [4.69, 9.17) is 5.11 Å². The predicted molar refractivity (Wildman–Crippen MR) is 64.9 cm³/mol. The fourth-order valence-corrected chi connectivity index (χ4v) is 1.96. The highest BCUT2D eigenvalue weighted by molar-refractivity contribution is 7.15. The van der Waals surface area contributed by atoms with Gasteiger partial charge in [-0.25, -0.2) is 0 Å². The number of nitrogens with zero attached hydrogens (tertiary/aromatic N) is 2. The number of aromatic nitrogens is 2. The Labute approximate surface area is 98.0 Å². The number of aryl methyl sites for hydroxylation is 1. The Kier molecular flexibility index (Phi) is 3.36. The molecule has 0 bridgehead atoms. The molecular formula is C11H13N3OS. The summed E-state index contributed by atoms with van der Waals surface area (Å²) in [6.45, 7) is 2.75. The van der Waals surface area contributed by atoms with Gasteiger partial charge < -0.3 is 10.4 Å². The second kappa shape index (κ2) is 4.94. The highest BCUT2D eigenvalue weighted by Crippen LogP contribution is 2.14. The highest BCUT2D eigenvalue weighted by Gasteiger charge is 1.99. The molecule has 2 N–H and O–H groups in total. The molecule has 0 saturated heterocycles. The Hall–Kier alpha value is -1.62. The van der Waals surface area contributed by atoms with Gasteiger partial charge in [0.25, 0.3) is 0 Å². The largest absolute Gasteiger partial charge is 0.508 e. The standard InChI is InChI=1S/C11H13N3OS/c1-8-13-14-11(16-8)12-7-6-9-2-4-10(15)5-3-9/h2-5,15H,6-7H2,1H3,(H,12,14). The van der Waals surface area contributed by atoms with Gasteiger partial charge in [0.15, 0.2) is 0 Å². The summed E-state index contributed by atoms with van der Waals surface area (Å²) < 4.78 is 0. The van der Waals surface area contributed by atoms with Crippen LogP contribution in [0.4, 0.5) is 5.13 Å². The zero-order chi connectivity index (χ0) is 11.4. The van der Waals surface area contributed by atoms with Crippen LogP contribution in [0, 0.1) is 6.92 Å². The van der Waals surface area contributed by atoms with Crippen LogP contribution in [-0.2, 0) is 6.42 Å². The van der Waals surface area contributed by atoms with Gasteiger partial charge in [-0.1, -0.05) is 23.5 Å². The van der Waals surface area contributed by atoms with E-state index in [2.05, 4.69) is 15.5 Å². The van der Waals surface area contributed by atoms with Gasteiger partial charge in [-0.05, 0) is 31.0 Å². The molecule has 0 fully saturated rings. The Morgan fingerprint density at radius 2 is 2.00 bits per heavy atom. The van der Waals surface area contributed by atoms with Gasteiger partial charge >= 0.3 is 0 Å². The molecule has 1 heterocycles. The normalized spacial score (nSPS) is 10.3. The highest BCUT2D eigenvalue weighted by atomic mass is 32.1. The fraction of sp³-hybridized carbons (Fsp3) is 0.273. The molecule has 0 amide bonds. The molecule has 0 unspecified atom stereocenters. The maximum atomic E-state index is 9.13. The lowest BCUT2D eigenvalue weighted by molar-refractivity contribution is 0.475. The minimum atomic E-state index is 0.302. The summed E-state index contributed by atoms with van der Waals surface area (Å²) in [6.07, 6.45) is 0.902. The van der Waals surface area contributed by atoms with E-state index in [0.717, 1.165) is 23.1 Å². The van der Waals surface area contributed by atoms with Crippen LogP contribution < -0.4 is 5.32 Å². The molecule has 84 valence electrons. The average molecular weight is 235 g/mol. The van der Waals surface area contributed by atoms with Crippen molar-refractivity contribution in [3.05, 3.63) is 34.8 Å². The van der Waals surface area contributed by atoms with Crippen molar-refractivity contribution in [1.82, 2.24) is 10.2 Å². The third kappa shape index (κ3) is 2.93. The summed E-state index contributed by atoms with van der Waals surface area (Å²) in [6, 6.07) is 7.24. The first kappa shape index (κ1) is 10.9. The van der Waals surface area contributed by atoms with Crippen LogP contribution in [0.5, 0.6) is 5.75 Å². The number of hydrogen-bond donors (Lipinski definition) is 2. The molecule has 0 aliphatic carbocycles. The van der Waals surface area contributed by atoms with Crippen LogP contribution in [0.2, 0.25) is 0 Å². The van der Waals surface area contributed by atoms with Gasteiger partial charge in [0.1, 0.15) is 10.8 Å². The van der Waals surface area contributed by atoms with E-state index in [1.54, 1.807) is 23.5 Å². The maximum Gasteiger partial charge on any atom is 0.205 e. The van der Waals surface area contributed by atoms with Gasteiger partial charge in [0, 0.05) is 6.54 Å². The monoisotopic (exact) mass is 235 g/mol. The van der Waals surface area contributed by atoms with Crippen LogP contribution >= 0.6 is 11.3 Å². The Balaban J connectivity index is 1.82. The molecular weight excluding hydrogens is 222 g/mol. The van der Waals surface area contributed by atoms with E-state index < -0.39 is 0 Å². The molecule has 1 aromatic carbocycles. The van der Waals surface area contributed by atoms with E-state index in [1.165, 1.54) is 5.56 Å². The van der Waals surface area contributed by atoms with E-state index in [1.807, 2.05) is 19.1 Å². The Morgan fingerprint density at radius 1 is 1.25 bits per heavy atom. The van der Waals surface area contributed by atoms with Crippen molar-refractivity contribution in [2.45, 2.75) is 13.3 Å². The smallest absolute Gasteiger partial charge is 0.205 e. The maximum absolute atomic E-state index is 9.13. The minimum Gasteiger partial charge on any atom is -0.508 e. The van der Waals surface area contributed by atoms with Crippen LogP contribution in [0.3, 0.4) is 0 Å². The van der Waals surface area contributed by atoms with E-state index >= 15 is 0 Å². The molecule has 0 aliphatic rings. The number of phenolic OH excluding ortho intramolecular Hbond substituents is 1. The van der Waals surface area contributed by atoms with E-state index in [-0.39, 0.29) is 0 Å². The minimum absolute atomic E-state index is 0.302. The first-order valence-electron chi connectivity index (χ1n) is 5.06. The predicted octanol–water partition coefficient (Wildman–Crippen LogP) is 2.21. The molecule has 0 aliphatic heterocycles. The van der Waals surface area contributed by atoms with Gasteiger partial charge in [-0.15, -0.1) is 10.2 Å². The second-order valence-corrected chi connectivity index (χ2v) is 4.65. The third-order valence-electron chi connectivity index (χ3n) is 2.15. The number of phenols is 1. The quantitative estimate of drug-likeness (QED) is 0.853. The van der Waals surface area contributed by atoms with Gasteiger partial charge in [0.05, 0.1) is 0 Å². The first-order chi connectivity index (χ1) is 7.74. The molecule has 1 aromatic heterocycles. The number of hydrogen-bond acceptors (Lipinski definition) is 5. The molecule has 5 heteroatoms. The van der Waals surface area contributed by atoms with Crippen molar-refractivity contribution in [2.75, 3.05) is 11.9 Å². The van der Waals surface area contributed by atoms with Crippen molar-refractivity contribution in [2.24, 2.45) is 0 Å². The zero-order valence-corrected chi connectivity index (χ0v) is 9.79. The van der Waals surface area contributed by atoms with Gasteiger partial charge in [-0.2, -0.15) is 0 Å². The molecule has 16 heavy (non-hydrogen) atoms.